The highest BCUT2D eigenvalue weighted by Crippen LogP contribution is 2.25. The minimum atomic E-state index is -0.472. The van der Waals surface area contributed by atoms with Gasteiger partial charge in [-0.2, -0.15) is 5.10 Å². The van der Waals surface area contributed by atoms with Crippen molar-refractivity contribution in [2.24, 2.45) is 5.10 Å². The van der Waals surface area contributed by atoms with Crippen LogP contribution in [0.1, 0.15) is 29.5 Å². The number of ether oxygens (including phenoxy) is 3. The van der Waals surface area contributed by atoms with E-state index in [1.54, 1.807) is 24.3 Å². The summed E-state index contributed by atoms with van der Waals surface area (Å²) in [4.78, 5) is 34.9. The summed E-state index contributed by atoms with van der Waals surface area (Å²) >= 11 is 0. The smallest absolute Gasteiger partial charge is 0.343 e. The van der Waals surface area contributed by atoms with Crippen molar-refractivity contribution in [1.29, 1.82) is 0 Å². The lowest BCUT2D eigenvalue weighted by Gasteiger charge is -2.16. The Morgan fingerprint density at radius 2 is 1.61 bits per heavy atom. The first-order valence-corrected chi connectivity index (χ1v) is 10.7. The molecule has 1 aliphatic carbocycles. The summed E-state index contributed by atoms with van der Waals surface area (Å²) < 4.78 is 15.3. The first-order valence-electron chi connectivity index (χ1n) is 10.7. The molecule has 2 amide bonds. The van der Waals surface area contributed by atoms with Gasteiger partial charge in [-0.05, 0) is 78.8 Å². The van der Waals surface area contributed by atoms with Crippen molar-refractivity contribution in [3.8, 4) is 11.5 Å². The van der Waals surface area contributed by atoms with Crippen LogP contribution in [-0.2, 0) is 32.0 Å². The van der Waals surface area contributed by atoms with Crippen molar-refractivity contribution in [2.45, 2.75) is 25.7 Å². The molecule has 0 atom stereocenters. The van der Waals surface area contributed by atoms with Crippen molar-refractivity contribution < 1.29 is 28.6 Å². The number of rotatable bonds is 10. The van der Waals surface area contributed by atoms with Crippen LogP contribution in [0.2, 0.25) is 0 Å². The van der Waals surface area contributed by atoms with Crippen molar-refractivity contribution in [1.82, 2.24) is 10.7 Å². The number of carbonyl (C=O) groups is 3. The molecule has 0 aromatic heterocycles. The van der Waals surface area contributed by atoms with E-state index in [0.29, 0.717) is 17.1 Å². The standard InChI is InChI=1S/C24H27N3O6/c1-31-24(30)16-33-20-9-6-17(7-10-20)13-26-27-22(28)14-25-23(29)15-32-21-11-8-18-4-2-3-5-19(18)12-21/h6-13H,2-5,14-16H2,1H3,(H,25,29)(H,27,28)/b26-13+. The maximum Gasteiger partial charge on any atom is 0.343 e. The topological polar surface area (TPSA) is 115 Å². The van der Waals surface area contributed by atoms with Gasteiger partial charge in [-0.25, -0.2) is 10.2 Å². The first-order chi connectivity index (χ1) is 16.0. The number of benzene rings is 2. The van der Waals surface area contributed by atoms with Crippen LogP contribution in [0.3, 0.4) is 0 Å². The van der Waals surface area contributed by atoms with Gasteiger partial charge in [0.1, 0.15) is 11.5 Å². The van der Waals surface area contributed by atoms with Crippen LogP contribution in [0.4, 0.5) is 0 Å². The zero-order valence-corrected chi connectivity index (χ0v) is 18.5. The second kappa shape index (κ2) is 12.2. The van der Waals surface area contributed by atoms with E-state index in [-0.39, 0.29) is 19.8 Å². The maximum atomic E-state index is 12.0. The average molecular weight is 453 g/mol. The van der Waals surface area contributed by atoms with Gasteiger partial charge >= 0.3 is 5.97 Å². The number of amides is 2. The lowest BCUT2D eigenvalue weighted by Crippen LogP contribution is -2.37. The van der Waals surface area contributed by atoms with Gasteiger partial charge in [0.05, 0.1) is 19.9 Å². The largest absolute Gasteiger partial charge is 0.484 e. The molecule has 33 heavy (non-hydrogen) atoms. The van der Waals surface area contributed by atoms with Crippen LogP contribution in [0.25, 0.3) is 0 Å². The van der Waals surface area contributed by atoms with E-state index in [2.05, 4.69) is 26.6 Å². The van der Waals surface area contributed by atoms with E-state index >= 15 is 0 Å². The van der Waals surface area contributed by atoms with E-state index in [4.69, 9.17) is 9.47 Å². The van der Waals surface area contributed by atoms with Gasteiger partial charge in [-0.15, -0.1) is 0 Å². The van der Waals surface area contributed by atoms with Gasteiger partial charge in [0, 0.05) is 0 Å². The monoisotopic (exact) mass is 453 g/mol. The van der Waals surface area contributed by atoms with Gasteiger partial charge in [-0.1, -0.05) is 6.07 Å². The number of methoxy groups -OCH3 is 1. The fourth-order valence-corrected chi connectivity index (χ4v) is 3.25. The molecule has 0 saturated heterocycles. The van der Waals surface area contributed by atoms with E-state index in [9.17, 15) is 14.4 Å². The summed E-state index contributed by atoms with van der Waals surface area (Å²) in [5.74, 6) is -0.176. The van der Waals surface area contributed by atoms with Gasteiger partial charge < -0.3 is 19.5 Å². The molecule has 2 N–H and O–H groups in total. The molecule has 1 aliphatic rings. The minimum Gasteiger partial charge on any atom is -0.484 e. The van der Waals surface area contributed by atoms with E-state index < -0.39 is 17.8 Å². The average Bonchev–Trinajstić information content (AvgIpc) is 2.85. The lowest BCUT2D eigenvalue weighted by atomic mass is 9.92. The molecule has 2 aromatic rings. The molecule has 0 heterocycles. The molecular formula is C24H27N3O6. The summed E-state index contributed by atoms with van der Waals surface area (Å²) in [5, 5.41) is 6.34. The van der Waals surface area contributed by atoms with Crippen molar-refractivity contribution in [3.63, 3.8) is 0 Å². The maximum absolute atomic E-state index is 12.0. The lowest BCUT2D eigenvalue weighted by molar-refractivity contribution is -0.142. The summed E-state index contributed by atoms with van der Waals surface area (Å²) in [7, 11) is 1.29. The number of carbonyl (C=O) groups excluding carboxylic acids is 3. The van der Waals surface area contributed by atoms with Crippen LogP contribution in [0.5, 0.6) is 11.5 Å². The molecule has 9 nitrogen and oxygen atoms in total. The number of nitrogens with one attached hydrogen (secondary N) is 2. The molecule has 174 valence electrons. The number of hydrogen-bond acceptors (Lipinski definition) is 7. The fraction of sp³-hybridized carbons (Fsp3) is 0.333. The number of hydrogen-bond donors (Lipinski definition) is 2. The first kappa shape index (κ1) is 23.8. The quantitative estimate of drug-likeness (QED) is 0.322. The second-order valence-electron chi connectivity index (χ2n) is 7.43. The second-order valence-corrected chi connectivity index (χ2v) is 7.43. The Balaban J connectivity index is 1.34. The fourth-order valence-electron chi connectivity index (χ4n) is 3.25. The molecule has 0 aliphatic heterocycles. The van der Waals surface area contributed by atoms with Crippen LogP contribution >= 0.6 is 0 Å². The van der Waals surface area contributed by atoms with Gasteiger partial charge in [-0.3, -0.25) is 9.59 Å². The Morgan fingerprint density at radius 3 is 2.36 bits per heavy atom. The highest BCUT2D eigenvalue weighted by atomic mass is 16.6. The molecule has 0 unspecified atom stereocenters. The molecule has 0 spiro atoms. The van der Waals surface area contributed by atoms with Gasteiger partial charge in [0.25, 0.3) is 11.8 Å². The molecule has 0 radical (unpaired) electrons. The minimum absolute atomic E-state index is 0.167. The highest BCUT2D eigenvalue weighted by molar-refractivity contribution is 5.86. The Morgan fingerprint density at radius 1 is 0.909 bits per heavy atom. The van der Waals surface area contributed by atoms with Crippen molar-refractivity contribution >= 4 is 24.0 Å². The third kappa shape index (κ3) is 7.95. The van der Waals surface area contributed by atoms with E-state index in [1.165, 1.54) is 37.3 Å². The molecule has 2 aromatic carbocycles. The van der Waals surface area contributed by atoms with Crippen molar-refractivity contribution in [3.05, 3.63) is 59.2 Å². The van der Waals surface area contributed by atoms with Gasteiger partial charge in [0.2, 0.25) is 0 Å². The van der Waals surface area contributed by atoms with E-state index in [1.807, 2.05) is 12.1 Å². The molecular weight excluding hydrogens is 426 g/mol. The molecule has 0 fully saturated rings. The summed E-state index contributed by atoms with van der Waals surface area (Å²) in [6.07, 6.45) is 5.95. The Hall–Kier alpha value is -3.88. The van der Waals surface area contributed by atoms with Crippen LogP contribution < -0.4 is 20.2 Å². The number of nitrogens with zero attached hydrogens (tertiary/aromatic N) is 1. The number of hydrazone groups is 1. The van der Waals surface area contributed by atoms with Crippen LogP contribution in [-0.4, -0.2) is 50.9 Å². The SMILES string of the molecule is COC(=O)COc1ccc(/C=N/NC(=O)CNC(=O)COc2ccc3c(c2)CCCC3)cc1. The normalized spacial score (nSPS) is 12.5. The molecule has 0 saturated carbocycles. The Labute approximate surface area is 192 Å². The predicted octanol–water partition coefficient (Wildman–Crippen LogP) is 1.76. The Bertz CT molecular complexity index is 1000. The number of esters is 1. The van der Waals surface area contributed by atoms with E-state index in [0.717, 1.165) is 12.8 Å². The zero-order valence-electron chi connectivity index (χ0n) is 18.5. The third-order valence-corrected chi connectivity index (χ3v) is 5.00. The Kier molecular flexibility index (Phi) is 8.81. The van der Waals surface area contributed by atoms with Crippen LogP contribution in [0, 0.1) is 0 Å². The molecule has 0 bridgehead atoms. The predicted molar refractivity (Wildman–Crippen MR) is 121 cm³/mol. The molecule has 3 rings (SSSR count). The third-order valence-electron chi connectivity index (χ3n) is 5.00. The summed E-state index contributed by atoms with van der Waals surface area (Å²) in [6.45, 7) is -0.562. The van der Waals surface area contributed by atoms with Gasteiger partial charge in [0.15, 0.2) is 13.2 Å². The zero-order chi connectivity index (χ0) is 23.5. The highest BCUT2D eigenvalue weighted by Gasteiger charge is 2.11. The summed E-state index contributed by atoms with van der Waals surface area (Å²) in [5.41, 5.74) is 5.67. The van der Waals surface area contributed by atoms with Crippen LogP contribution in [0.15, 0.2) is 47.6 Å². The number of fused-ring (bicyclic) bond motifs is 1. The van der Waals surface area contributed by atoms with Crippen molar-refractivity contribution in [2.75, 3.05) is 26.9 Å². The summed E-state index contributed by atoms with van der Waals surface area (Å²) in [6, 6.07) is 12.7. The number of aryl methyl sites for hydroxylation is 2. The molecule has 9 heteroatoms.